The lowest BCUT2D eigenvalue weighted by molar-refractivity contribution is 0.0967. The molecular formula is C17H26N2O2S. The summed E-state index contributed by atoms with van der Waals surface area (Å²) in [6.45, 7) is 9.75. The van der Waals surface area contributed by atoms with Gasteiger partial charge in [-0.2, -0.15) is 0 Å². The van der Waals surface area contributed by atoms with Gasteiger partial charge in [0.1, 0.15) is 5.75 Å². The first-order valence-corrected chi connectivity index (χ1v) is 8.26. The van der Waals surface area contributed by atoms with E-state index >= 15 is 0 Å². The van der Waals surface area contributed by atoms with Gasteiger partial charge in [-0.05, 0) is 51.0 Å². The predicted octanol–water partition coefficient (Wildman–Crippen LogP) is 3.61. The quantitative estimate of drug-likeness (QED) is 0.779. The number of thiocarbonyl (C=S) groups is 1. The van der Waals surface area contributed by atoms with Crippen LogP contribution in [0.5, 0.6) is 5.75 Å². The Balaban J connectivity index is 2.81. The highest BCUT2D eigenvalue weighted by Gasteiger charge is 2.16. The largest absolute Gasteiger partial charge is 0.490 e. The molecule has 0 aliphatic heterocycles. The van der Waals surface area contributed by atoms with Crippen LogP contribution in [0.1, 0.15) is 50.9 Å². The molecule has 0 bridgehead atoms. The van der Waals surface area contributed by atoms with E-state index in [-0.39, 0.29) is 12.0 Å². The molecule has 0 aliphatic rings. The number of amides is 1. The topological polar surface area (TPSA) is 41.6 Å². The highest BCUT2D eigenvalue weighted by molar-refractivity contribution is 7.80. The van der Waals surface area contributed by atoms with E-state index in [1.807, 2.05) is 30.9 Å². The summed E-state index contributed by atoms with van der Waals surface area (Å²) in [5, 5.41) is 3.30. The van der Waals surface area contributed by atoms with Crippen LogP contribution in [0, 0.1) is 0 Å². The van der Waals surface area contributed by atoms with Crippen molar-refractivity contribution >= 4 is 23.2 Å². The van der Waals surface area contributed by atoms with Gasteiger partial charge in [0.25, 0.3) is 5.91 Å². The van der Waals surface area contributed by atoms with Crippen molar-refractivity contribution in [1.82, 2.24) is 10.2 Å². The number of nitrogens with zero attached hydrogens (tertiary/aromatic N) is 1. The Bertz CT molecular complexity index is 497. The van der Waals surface area contributed by atoms with Crippen molar-refractivity contribution in [2.75, 3.05) is 13.1 Å². The maximum Gasteiger partial charge on any atom is 0.261 e. The molecule has 0 radical (unpaired) electrons. The first-order chi connectivity index (χ1) is 10.5. The molecule has 22 heavy (non-hydrogen) atoms. The Labute approximate surface area is 138 Å². The molecule has 5 heteroatoms. The molecule has 1 aromatic carbocycles. The number of carbonyl (C=O) groups is 1. The molecule has 0 unspecified atom stereocenters. The molecule has 0 heterocycles. The zero-order chi connectivity index (χ0) is 16.5. The summed E-state index contributed by atoms with van der Waals surface area (Å²) < 4.78 is 5.69. The number of rotatable bonds is 7. The van der Waals surface area contributed by atoms with E-state index in [4.69, 9.17) is 17.0 Å². The van der Waals surface area contributed by atoms with Crippen LogP contribution in [0.4, 0.5) is 0 Å². The summed E-state index contributed by atoms with van der Waals surface area (Å²) in [5.41, 5.74) is 0.506. The first kappa shape index (κ1) is 18.4. The van der Waals surface area contributed by atoms with Crippen LogP contribution >= 0.6 is 12.2 Å². The van der Waals surface area contributed by atoms with Gasteiger partial charge in [0.15, 0.2) is 5.11 Å². The number of carbonyl (C=O) groups excluding carboxylic acids is 1. The van der Waals surface area contributed by atoms with E-state index in [0.29, 0.717) is 16.4 Å². The Morgan fingerprint density at radius 3 is 2.36 bits per heavy atom. The number of benzene rings is 1. The molecule has 0 aliphatic carbocycles. The fraction of sp³-hybridized carbons (Fsp3) is 0.529. The van der Waals surface area contributed by atoms with Gasteiger partial charge in [-0.1, -0.05) is 26.0 Å². The second-order valence-corrected chi connectivity index (χ2v) is 5.80. The number of hydrogen-bond acceptors (Lipinski definition) is 3. The maximum atomic E-state index is 12.5. The zero-order valence-corrected chi connectivity index (χ0v) is 14.7. The van der Waals surface area contributed by atoms with Crippen molar-refractivity contribution < 1.29 is 9.53 Å². The van der Waals surface area contributed by atoms with Crippen molar-refractivity contribution in [2.45, 2.75) is 46.6 Å². The van der Waals surface area contributed by atoms with Crippen LogP contribution in [-0.4, -0.2) is 35.1 Å². The third kappa shape index (κ3) is 5.64. The van der Waals surface area contributed by atoms with Crippen molar-refractivity contribution in [1.29, 1.82) is 0 Å². The molecular weight excluding hydrogens is 296 g/mol. The highest BCUT2D eigenvalue weighted by atomic mass is 32.1. The minimum atomic E-state index is -0.224. The van der Waals surface area contributed by atoms with Gasteiger partial charge in [0.2, 0.25) is 0 Å². The molecule has 1 aromatic rings. The van der Waals surface area contributed by atoms with E-state index in [2.05, 4.69) is 19.2 Å². The van der Waals surface area contributed by atoms with Gasteiger partial charge >= 0.3 is 0 Å². The van der Waals surface area contributed by atoms with Gasteiger partial charge in [-0.25, -0.2) is 0 Å². The Morgan fingerprint density at radius 1 is 1.23 bits per heavy atom. The molecule has 122 valence electrons. The third-order valence-corrected chi connectivity index (χ3v) is 3.35. The fourth-order valence-electron chi connectivity index (χ4n) is 2.11. The van der Waals surface area contributed by atoms with Gasteiger partial charge in [-0.15, -0.1) is 0 Å². The Kier molecular flexibility index (Phi) is 7.88. The standard InChI is InChI=1S/C17H26N2O2S/c1-5-11-19(12-6-2)17(22)18-16(20)14-9-7-8-10-15(14)21-13(3)4/h7-10,13H,5-6,11-12H2,1-4H3,(H,18,20,22). The molecule has 0 spiro atoms. The molecule has 4 nitrogen and oxygen atoms in total. The van der Waals surface area contributed by atoms with Crippen molar-refractivity contribution in [3.05, 3.63) is 29.8 Å². The number of hydrogen-bond donors (Lipinski definition) is 1. The number of ether oxygens (including phenoxy) is 1. The average molecular weight is 322 g/mol. The van der Waals surface area contributed by atoms with E-state index in [1.54, 1.807) is 12.1 Å². The molecule has 0 atom stereocenters. The summed E-state index contributed by atoms with van der Waals surface area (Å²) in [6, 6.07) is 7.22. The molecule has 0 saturated carbocycles. The molecule has 1 rings (SSSR count). The Hall–Kier alpha value is -1.62. The molecule has 0 aromatic heterocycles. The van der Waals surface area contributed by atoms with Crippen LogP contribution in [0.15, 0.2) is 24.3 Å². The Morgan fingerprint density at radius 2 is 1.82 bits per heavy atom. The molecule has 0 fully saturated rings. The lowest BCUT2D eigenvalue weighted by Crippen LogP contribution is -2.43. The van der Waals surface area contributed by atoms with Crippen molar-refractivity contribution in [3.8, 4) is 5.75 Å². The van der Waals surface area contributed by atoms with Crippen LogP contribution in [0.3, 0.4) is 0 Å². The van der Waals surface area contributed by atoms with E-state index in [1.165, 1.54) is 0 Å². The van der Waals surface area contributed by atoms with Gasteiger partial charge < -0.3 is 9.64 Å². The summed E-state index contributed by atoms with van der Waals surface area (Å²) in [6.07, 6.45) is 1.99. The predicted molar refractivity (Wildman–Crippen MR) is 94.4 cm³/mol. The van der Waals surface area contributed by atoms with Crippen molar-refractivity contribution in [2.24, 2.45) is 0 Å². The lowest BCUT2D eigenvalue weighted by atomic mass is 10.2. The molecule has 1 N–H and O–H groups in total. The minimum Gasteiger partial charge on any atom is -0.490 e. The lowest BCUT2D eigenvalue weighted by Gasteiger charge is -2.24. The van der Waals surface area contributed by atoms with Gasteiger partial charge in [0, 0.05) is 13.1 Å². The normalized spacial score (nSPS) is 10.4. The van der Waals surface area contributed by atoms with E-state index < -0.39 is 0 Å². The first-order valence-electron chi connectivity index (χ1n) is 7.85. The summed E-state index contributed by atoms with van der Waals surface area (Å²) >= 11 is 5.37. The summed E-state index contributed by atoms with van der Waals surface area (Å²) in [5.74, 6) is 0.355. The summed E-state index contributed by atoms with van der Waals surface area (Å²) in [4.78, 5) is 14.5. The zero-order valence-electron chi connectivity index (χ0n) is 13.9. The SMILES string of the molecule is CCCN(CCC)C(=S)NC(=O)c1ccccc1OC(C)C. The minimum absolute atomic E-state index is 0.0117. The van der Waals surface area contributed by atoms with E-state index in [9.17, 15) is 4.79 Å². The fourth-order valence-corrected chi connectivity index (χ4v) is 2.38. The van der Waals surface area contributed by atoms with Gasteiger partial charge in [0.05, 0.1) is 11.7 Å². The maximum absolute atomic E-state index is 12.5. The van der Waals surface area contributed by atoms with Crippen molar-refractivity contribution in [3.63, 3.8) is 0 Å². The number of para-hydroxylation sites is 1. The smallest absolute Gasteiger partial charge is 0.261 e. The van der Waals surface area contributed by atoms with Crippen LogP contribution in [0.25, 0.3) is 0 Å². The van der Waals surface area contributed by atoms with Crippen LogP contribution < -0.4 is 10.1 Å². The second-order valence-electron chi connectivity index (χ2n) is 5.41. The summed E-state index contributed by atoms with van der Waals surface area (Å²) in [7, 11) is 0. The molecule has 1 amide bonds. The highest BCUT2D eigenvalue weighted by Crippen LogP contribution is 2.19. The average Bonchev–Trinajstić information content (AvgIpc) is 2.46. The van der Waals surface area contributed by atoms with E-state index in [0.717, 1.165) is 25.9 Å². The second kappa shape index (κ2) is 9.41. The van der Waals surface area contributed by atoms with Crippen LogP contribution in [-0.2, 0) is 0 Å². The van der Waals surface area contributed by atoms with Crippen LogP contribution in [0.2, 0.25) is 0 Å². The third-order valence-electron chi connectivity index (χ3n) is 2.99. The van der Waals surface area contributed by atoms with Gasteiger partial charge in [-0.3, -0.25) is 10.1 Å². The number of nitrogens with one attached hydrogen (secondary N) is 1. The monoisotopic (exact) mass is 322 g/mol. The molecule has 0 saturated heterocycles.